The number of hydrogen-bond donors (Lipinski definition) is 1. The van der Waals surface area contributed by atoms with Gasteiger partial charge in [0.2, 0.25) is 0 Å². The highest BCUT2D eigenvalue weighted by atomic mass is 19.1. The van der Waals surface area contributed by atoms with Gasteiger partial charge in [-0.25, -0.2) is 9.37 Å². The predicted octanol–water partition coefficient (Wildman–Crippen LogP) is 4.88. The zero-order chi connectivity index (χ0) is 23.2. The Bertz CT molecular complexity index is 1070. The van der Waals surface area contributed by atoms with E-state index in [1.807, 2.05) is 25.3 Å². The molecule has 0 amide bonds. The second-order valence-electron chi connectivity index (χ2n) is 8.49. The van der Waals surface area contributed by atoms with Gasteiger partial charge in [0.15, 0.2) is 0 Å². The van der Waals surface area contributed by atoms with Gasteiger partial charge >= 0.3 is 0 Å². The number of allylic oxidation sites excluding steroid dienone is 2. The van der Waals surface area contributed by atoms with Crippen LogP contribution in [0.4, 0.5) is 10.2 Å². The number of aliphatic imine (C=N–C) groups is 1. The standard InChI is InChI=1S/C26H31FN4O2/c1-18-3-6-24(29-17-20(13-18)7-8-28)23-5-4-21(27)15-25(23)33-22-14-19(2)30-26(16-22)31-9-11-32-12-10-31/h4-6,13-18H,3,7-12,28H2,1-2H3/b20-13+,24-6?,29-17?. The third kappa shape index (κ3) is 6.06. The number of pyridine rings is 1. The first-order valence-electron chi connectivity index (χ1n) is 11.5. The number of benzene rings is 1. The minimum atomic E-state index is -0.361. The number of halogens is 1. The number of aryl methyl sites for hydroxylation is 1. The van der Waals surface area contributed by atoms with E-state index in [0.29, 0.717) is 37.2 Å². The number of nitrogens with two attached hydrogens (primary N) is 1. The van der Waals surface area contributed by atoms with Crippen LogP contribution in [-0.2, 0) is 4.74 Å². The smallest absolute Gasteiger partial charge is 0.139 e. The lowest BCUT2D eigenvalue weighted by atomic mass is 9.99. The summed E-state index contributed by atoms with van der Waals surface area (Å²) in [6.07, 6.45) is 7.74. The van der Waals surface area contributed by atoms with Crippen LogP contribution < -0.4 is 15.4 Å². The molecule has 0 saturated carbocycles. The molecule has 2 N–H and O–H groups in total. The molecule has 4 rings (SSSR count). The van der Waals surface area contributed by atoms with Crippen LogP contribution in [0.3, 0.4) is 0 Å². The third-order valence-electron chi connectivity index (χ3n) is 5.68. The second-order valence-corrected chi connectivity index (χ2v) is 8.49. The van der Waals surface area contributed by atoms with Crippen molar-refractivity contribution in [2.24, 2.45) is 16.6 Å². The molecule has 3 heterocycles. The first kappa shape index (κ1) is 23.1. The fraction of sp³-hybridized carbons (Fsp3) is 0.385. The van der Waals surface area contributed by atoms with E-state index in [4.69, 9.17) is 20.2 Å². The summed E-state index contributed by atoms with van der Waals surface area (Å²) in [4.78, 5) is 11.5. The molecular formula is C26H31FN4O2. The zero-order valence-corrected chi connectivity index (χ0v) is 19.3. The molecule has 1 aromatic carbocycles. The lowest BCUT2D eigenvalue weighted by Crippen LogP contribution is -2.36. The Labute approximate surface area is 194 Å². The summed E-state index contributed by atoms with van der Waals surface area (Å²) in [5, 5.41) is 0. The number of nitrogens with zero attached hydrogens (tertiary/aromatic N) is 3. The van der Waals surface area contributed by atoms with Gasteiger partial charge in [0.25, 0.3) is 0 Å². The summed E-state index contributed by atoms with van der Waals surface area (Å²) < 4.78 is 25.9. The minimum absolute atomic E-state index is 0.358. The summed E-state index contributed by atoms with van der Waals surface area (Å²) in [6.45, 7) is 7.56. The van der Waals surface area contributed by atoms with E-state index >= 15 is 0 Å². The maximum absolute atomic E-state index is 14.2. The van der Waals surface area contributed by atoms with Crippen LogP contribution in [0.1, 0.15) is 31.0 Å². The van der Waals surface area contributed by atoms with Gasteiger partial charge in [-0.15, -0.1) is 0 Å². The molecule has 0 bridgehead atoms. The molecule has 7 heteroatoms. The molecular weight excluding hydrogens is 419 g/mol. The topological polar surface area (TPSA) is 73.0 Å². The van der Waals surface area contributed by atoms with Gasteiger partial charge in [-0.05, 0) is 49.9 Å². The van der Waals surface area contributed by atoms with Gasteiger partial charge in [-0.1, -0.05) is 19.1 Å². The molecule has 2 aromatic rings. The molecule has 2 aliphatic heterocycles. The van der Waals surface area contributed by atoms with Gasteiger partial charge in [-0.3, -0.25) is 4.99 Å². The summed E-state index contributed by atoms with van der Waals surface area (Å²) in [5.41, 5.74) is 9.21. The second kappa shape index (κ2) is 10.7. The fourth-order valence-corrected chi connectivity index (χ4v) is 4.03. The fourth-order valence-electron chi connectivity index (χ4n) is 4.03. The van der Waals surface area contributed by atoms with Gasteiger partial charge in [0, 0.05) is 48.8 Å². The van der Waals surface area contributed by atoms with Crippen LogP contribution in [0, 0.1) is 18.7 Å². The van der Waals surface area contributed by atoms with E-state index in [9.17, 15) is 4.39 Å². The molecule has 33 heavy (non-hydrogen) atoms. The van der Waals surface area contributed by atoms with E-state index in [-0.39, 0.29) is 5.82 Å². The number of rotatable bonds is 6. The SMILES string of the molecule is Cc1cc(Oc2cc(F)ccc2C2=CCC(C)/C=C(\CCN)C=N2)cc(N2CCOCC2)n1. The van der Waals surface area contributed by atoms with E-state index in [2.05, 4.69) is 29.0 Å². The van der Waals surface area contributed by atoms with Crippen molar-refractivity contribution in [2.45, 2.75) is 26.7 Å². The molecule has 1 saturated heterocycles. The van der Waals surface area contributed by atoms with Crippen LogP contribution >= 0.6 is 0 Å². The van der Waals surface area contributed by atoms with E-state index < -0.39 is 0 Å². The molecule has 2 aliphatic rings. The first-order chi connectivity index (χ1) is 16.0. The van der Waals surface area contributed by atoms with Gasteiger partial charge in [-0.2, -0.15) is 0 Å². The highest BCUT2D eigenvalue weighted by molar-refractivity contribution is 5.86. The van der Waals surface area contributed by atoms with E-state index in [1.54, 1.807) is 6.07 Å². The van der Waals surface area contributed by atoms with Crippen molar-refractivity contribution >= 4 is 17.7 Å². The largest absolute Gasteiger partial charge is 0.456 e. The van der Waals surface area contributed by atoms with Crippen LogP contribution in [0.15, 0.2) is 53.0 Å². The Kier molecular flexibility index (Phi) is 7.52. The molecule has 1 atom stereocenters. The lowest BCUT2D eigenvalue weighted by molar-refractivity contribution is 0.122. The van der Waals surface area contributed by atoms with E-state index in [0.717, 1.165) is 54.3 Å². The number of aromatic nitrogens is 1. The number of ether oxygens (including phenoxy) is 2. The van der Waals surface area contributed by atoms with Crippen molar-refractivity contribution in [2.75, 3.05) is 37.7 Å². The summed E-state index contributed by atoms with van der Waals surface area (Å²) in [5.74, 6) is 1.87. The maximum Gasteiger partial charge on any atom is 0.139 e. The molecule has 174 valence electrons. The van der Waals surface area contributed by atoms with Crippen molar-refractivity contribution < 1.29 is 13.9 Å². The minimum Gasteiger partial charge on any atom is -0.456 e. The Morgan fingerprint density at radius 1 is 1.21 bits per heavy atom. The molecule has 1 fully saturated rings. The van der Waals surface area contributed by atoms with Crippen LogP contribution in [0.2, 0.25) is 0 Å². The Morgan fingerprint density at radius 3 is 2.82 bits per heavy atom. The van der Waals surface area contributed by atoms with E-state index in [1.165, 1.54) is 12.1 Å². The average molecular weight is 451 g/mol. The van der Waals surface area contributed by atoms with Crippen LogP contribution in [-0.4, -0.2) is 44.0 Å². The normalized spacial score (nSPS) is 20.5. The van der Waals surface area contributed by atoms with Crippen molar-refractivity contribution in [1.29, 1.82) is 0 Å². The summed E-state index contributed by atoms with van der Waals surface area (Å²) in [6, 6.07) is 8.33. The van der Waals surface area contributed by atoms with Crippen molar-refractivity contribution in [3.05, 3.63) is 65.1 Å². The van der Waals surface area contributed by atoms with Crippen LogP contribution in [0.25, 0.3) is 5.70 Å². The molecule has 1 aromatic heterocycles. The lowest BCUT2D eigenvalue weighted by Gasteiger charge is -2.28. The zero-order valence-electron chi connectivity index (χ0n) is 19.3. The monoisotopic (exact) mass is 450 g/mol. The van der Waals surface area contributed by atoms with Crippen LogP contribution in [0.5, 0.6) is 11.5 Å². The average Bonchev–Trinajstić information content (AvgIpc) is 2.79. The number of morpholine rings is 1. The Morgan fingerprint density at radius 2 is 2.03 bits per heavy atom. The van der Waals surface area contributed by atoms with Gasteiger partial charge in [0.05, 0.1) is 18.9 Å². The van der Waals surface area contributed by atoms with Gasteiger partial charge in [0.1, 0.15) is 23.1 Å². The molecule has 6 nitrogen and oxygen atoms in total. The van der Waals surface area contributed by atoms with Gasteiger partial charge < -0.3 is 20.1 Å². The van der Waals surface area contributed by atoms with Crippen molar-refractivity contribution in [1.82, 2.24) is 4.98 Å². The van der Waals surface area contributed by atoms with Crippen molar-refractivity contribution in [3.63, 3.8) is 0 Å². The molecule has 0 spiro atoms. The molecule has 1 unspecified atom stereocenters. The third-order valence-corrected chi connectivity index (χ3v) is 5.68. The Balaban J connectivity index is 1.66. The number of hydrogen-bond acceptors (Lipinski definition) is 6. The molecule has 0 aliphatic carbocycles. The highest BCUT2D eigenvalue weighted by Crippen LogP contribution is 2.34. The highest BCUT2D eigenvalue weighted by Gasteiger charge is 2.17. The molecule has 0 radical (unpaired) electrons. The first-order valence-corrected chi connectivity index (χ1v) is 11.5. The summed E-state index contributed by atoms with van der Waals surface area (Å²) >= 11 is 0. The summed E-state index contributed by atoms with van der Waals surface area (Å²) in [7, 11) is 0. The quantitative estimate of drug-likeness (QED) is 0.679. The maximum atomic E-state index is 14.2. The Hall–Kier alpha value is -3.03. The predicted molar refractivity (Wildman–Crippen MR) is 130 cm³/mol. The van der Waals surface area contributed by atoms with Crippen molar-refractivity contribution in [3.8, 4) is 11.5 Å². The number of anilines is 1.